The fourth-order valence-electron chi connectivity index (χ4n) is 1.60. The SMILES string of the molecule is CCNc1cc(SC(C)(C)C)nc(C2CC2)n1. The Hall–Kier alpha value is -0.770. The molecule has 17 heavy (non-hydrogen) atoms. The maximum Gasteiger partial charge on any atom is 0.135 e. The van der Waals surface area contributed by atoms with Crippen LogP contribution >= 0.6 is 11.8 Å². The van der Waals surface area contributed by atoms with E-state index in [1.165, 1.54) is 12.8 Å². The third-order valence-corrected chi connectivity index (χ3v) is 3.46. The summed E-state index contributed by atoms with van der Waals surface area (Å²) in [7, 11) is 0. The van der Waals surface area contributed by atoms with Crippen molar-refractivity contribution in [2.45, 2.75) is 56.2 Å². The first kappa shape index (κ1) is 12.7. The van der Waals surface area contributed by atoms with Crippen LogP contribution in [0.2, 0.25) is 0 Å². The van der Waals surface area contributed by atoms with E-state index in [0.717, 1.165) is 23.2 Å². The first-order chi connectivity index (χ1) is 7.98. The van der Waals surface area contributed by atoms with Crippen LogP contribution in [0, 0.1) is 0 Å². The minimum atomic E-state index is 0.193. The van der Waals surface area contributed by atoms with Crippen molar-refractivity contribution in [3.8, 4) is 0 Å². The molecule has 0 aromatic carbocycles. The van der Waals surface area contributed by atoms with Gasteiger partial charge < -0.3 is 5.32 Å². The molecule has 1 fully saturated rings. The van der Waals surface area contributed by atoms with Crippen LogP contribution < -0.4 is 5.32 Å². The summed E-state index contributed by atoms with van der Waals surface area (Å²) >= 11 is 1.81. The van der Waals surface area contributed by atoms with Gasteiger partial charge in [0.1, 0.15) is 16.7 Å². The van der Waals surface area contributed by atoms with Gasteiger partial charge in [0.15, 0.2) is 0 Å². The maximum atomic E-state index is 4.67. The average molecular weight is 251 g/mol. The van der Waals surface area contributed by atoms with Gasteiger partial charge >= 0.3 is 0 Å². The van der Waals surface area contributed by atoms with Gasteiger partial charge in [-0.15, -0.1) is 11.8 Å². The molecule has 2 rings (SSSR count). The molecular formula is C13H21N3S. The summed E-state index contributed by atoms with van der Waals surface area (Å²) in [5.74, 6) is 2.60. The molecule has 0 unspecified atom stereocenters. The lowest BCUT2D eigenvalue weighted by Crippen LogP contribution is -2.09. The Labute approximate surface area is 108 Å². The molecule has 94 valence electrons. The van der Waals surface area contributed by atoms with Gasteiger partial charge in [-0.1, -0.05) is 20.8 Å². The zero-order chi connectivity index (χ0) is 12.5. The van der Waals surface area contributed by atoms with Gasteiger partial charge in [-0.3, -0.25) is 0 Å². The molecule has 1 aromatic rings. The highest BCUT2D eigenvalue weighted by Gasteiger charge is 2.28. The number of hydrogen-bond acceptors (Lipinski definition) is 4. The third kappa shape index (κ3) is 3.87. The van der Waals surface area contributed by atoms with Crippen LogP contribution in [0.3, 0.4) is 0 Å². The van der Waals surface area contributed by atoms with Crippen LogP contribution in [0.5, 0.6) is 0 Å². The van der Waals surface area contributed by atoms with E-state index in [4.69, 9.17) is 0 Å². The molecular weight excluding hydrogens is 230 g/mol. The molecule has 1 aromatic heterocycles. The van der Waals surface area contributed by atoms with Crippen molar-refractivity contribution in [2.75, 3.05) is 11.9 Å². The van der Waals surface area contributed by atoms with Gasteiger partial charge in [0, 0.05) is 23.3 Å². The van der Waals surface area contributed by atoms with Crippen molar-refractivity contribution in [2.24, 2.45) is 0 Å². The van der Waals surface area contributed by atoms with Crippen LogP contribution in [-0.2, 0) is 0 Å². The third-order valence-electron chi connectivity index (χ3n) is 2.43. The molecule has 1 heterocycles. The van der Waals surface area contributed by atoms with Crippen molar-refractivity contribution in [3.05, 3.63) is 11.9 Å². The van der Waals surface area contributed by atoms with Crippen LogP contribution in [0.25, 0.3) is 0 Å². The highest BCUT2D eigenvalue weighted by atomic mass is 32.2. The average Bonchev–Trinajstić information content (AvgIpc) is 2.97. The van der Waals surface area contributed by atoms with Gasteiger partial charge in [0.05, 0.1) is 0 Å². The van der Waals surface area contributed by atoms with Crippen molar-refractivity contribution < 1.29 is 0 Å². The molecule has 0 amide bonds. The van der Waals surface area contributed by atoms with Gasteiger partial charge in [-0.05, 0) is 19.8 Å². The minimum absolute atomic E-state index is 0.193. The molecule has 0 saturated heterocycles. The van der Waals surface area contributed by atoms with E-state index in [1.54, 1.807) is 0 Å². The number of nitrogens with one attached hydrogen (secondary N) is 1. The van der Waals surface area contributed by atoms with E-state index in [2.05, 4.69) is 49.0 Å². The Balaban J connectivity index is 2.23. The van der Waals surface area contributed by atoms with Crippen LogP contribution in [-0.4, -0.2) is 21.3 Å². The fraction of sp³-hybridized carbons (Fsp3) is 0.692. The van der Waals surface area contributed by atoms with Crippen molar-refractivity contribution in [1.82, 2.24) is 9.97 Å². The number of aromatic nitrogens is 2. The molecule has 3 nitrogen and oxygen atoms in total. The van der Waals surface area contributed by atoms with E-state index in [-0.39, 0.29) is 4.75 Å². The van der Waals surface area contributed by atoms with E-state index < -0.39 is 0 Å². The fourth-order valence-corrected chi connectivity index (χ4v) is 2.54. The molecule has 4 heteroatoms. The highest BCUT2D eigenvalue weighted by molar-refractivity contribution is 8.00. The maximum absolute atomic E-state index is 4.67. The Morgan fingerprint density at radius 1 is 1.35 bits per heavy atom. The normalized spacial score (nSPS) is 16.0. The van der Waals surface area contributed by atoms with Gasteiger partial charge in [0.25, 0.3) is 0 Å². The largest absolute Gasteiger partial charge is 0.370 e. The zero-order valence-corrected chi connectivity index (χ0v) is 11.9. The van der Waals surface area contributed by atoms with Crippen LogP contribution in [0.1, 0.15) is 52.3 Å². The Morgan fingerprint density at radius 2 is 2.06 bits per heavy atom. The molecule has 0 radical (unpaired) electrons. The topological polar surface area (TPSA) is 37.8 Å². The molecule has 1 aliphatic carbocycles. The summed E-state index contributed by atoms with van der Waals surface area (Å²) in [6.07, 6.45) is 2.49. The predicted molar refractivity (Wildman–Crippen MR) is 73.8 cm³/mol. The van der Waals surface area contributed by atoms with Crippen molar-refractivity contribution >= 4 is 17.6 Å². The number of nitrogens with zero attached hydrogens (tertiary/aromatic N) is 2. The number of thioether (sulfide) groups is 1. The monoisotopic (exact) mass is 251 g/mol. The van der Waals surface area contributed by atoms with E-state index >= 15 is 0 Å². The molecule has 0 bridgehead atoms. The van der Waals surface area contributed by atoms with Crippen molar-refractivity contribution in [3.63, 3.8) is 0 Å². The summed E-state index contributed by atoms with van der Waals surface area (Å²) in [6.45, 7) is 9.63. The van der Waals surface area contributed by atoms with E-state index in [1.807, 2.05) is 11.8 Å². The summed E-state index contributed by atoms with van der Waals surface area (Å²) in [6, 6.07) is 2.06. The van der Waals surface area contributed by atoms with Crippen molar-refractivity contribution in [1.29, 1.82) is 0 Å². The molecule has 0 atom stereocenters. The number of hydrogen-bond donors (Lipinski definition) is 1. The standard InChI is InChI=1S/C13H21N3S/c1-5-14-10-8-11(17-13(2,3)4)16-12(15-10)9-6-7-9/h8-9H,5-7H2,1-4H3,(H,14,15,16). The summed E-state index contributed by atoms with van der Waals surface area (Å²) < 4.78 is 0.193. The molecule has 1 aliphatic rings. The Bertz CT molecular complexity index is 394. The quantitative estimate of drug-likeness (QED) is 0.654. The van der Waals surface area contributed by atoms with Gasteiger partial charge in [0.2, 0.25) is 0 Å². The molecule has 0 aliphatic heterocycles. The highest BCUT2D eigenvalue weighted by Crippen LogP contribution is 2.40. The lowest BCUT2D eigenvalue weighted by Gasteiger charge is -2.17. The number of anilines is 1. The molecule has 0 spiro atoms. The summed E-state index contributed by atoms with van der Waals surface area (Å²) in [4.78, 5) is 9.25. The van der Waals surface area contributed by atoms with Gasteiger partial charge in [-0.2, -0.15) is 0 Å². The summed E-state index contributed by atoms with van der Waals surface area (Å²) in [5, 5.41) is 4.38. The van der Waals surface area contributed by atoms with Crippen LogP contribution in [0.15, 0.2) is 11.1 Å². The smallest absolute Gasteiger partial charge is 0.135 e. The second-order valence-electron chi connectivity index (χ2n) is 5.47. The van der Waals surface area contributed by atoms with Gasteiger partial charge in [-0.25, -0.2) is 9.97 Å². The Morgan fingerprint density at radius 3 is 2.59 bits per heavy atom. The first-order valence-corrected chi connectivity index (χ1v) is 7.11. The number of rotatable bonds is 4. The minimum Gasteiger partial charge on any atom is -0.370 e. The predicted octanol–water partition coefficient (Wildman–Crippen LogP) is 3.68. The zero-order valence-electron chi connectivity index (χ0n) is 11.1. The lowest BCUT2D eigenvalue weighted by molar-refractivity contribution is 0.793. The summed E-state index contributed by atoms with van der Waals surface area (Å²) in [5.41, 5.74) is 0. The lowest BCUT2D eigenvalue weighted by atomic mass is 10.3. The Kier molecular flexibility index (Phi) is 3.61. The molecule has 1 N–H and O–H groups in total. The van der Waals surface area contributed by atoms with E-state index in [0.29, 0.717) is 5.92 Å². The molecule has 1 saturated carbocycles. The second-order valence-corrected chi connectivity index (χ2v) is 7.32. The first-order valence-electron chi connectivity index (χ1n) is 6.30. The second kappa shape index (κ2) is 4.84. The van der Waals surface area contributed by atoms with Crippen LogP contribution in [0.4, 0.5) is 5.82 Å². The van der Waals surface area contributed by atoms with E-state index in [9.17, 15) is 0 Å².